The van der Waals surface area contributed by atoms with Crippen molar-refractivity contribution in [1.29, 1.82) is 0 Å². The molecule has 176 valence electrons. The van der Waals surface area contributed by atoms with Crippen molar-refractivity contribution in [3.05, 3.63) is 42.0 Å². The fourth-order valence-electron chi connectivity index (χ4n) is 3.76. The number of carbonyl (C=O) groups is 1. The molecule has 0 amide bonds. The van der Waals surface area contributed by atoms with E-state index in [0.717, 1.165) is 24.9 Å². The molecule has 0 saturated heterocycles. The summed E-state index contributed by atoms with van der Waals surface area (Å²) in [4.78, 5) is 11.5. The third-order valence-electron chi connectivity index (χ3n) is 5.75. The van der Waals surface area contributed by atoms with Crippen LogP contribution in [0.2, 0.25) is 0 Å². The fraction of sp³-hybridized carbons (Fsp3) is 0.667. The molecule has 0 spiro atoms. The van der Waals surface area contributed by atoms with Crippen LogP contribution in [0.3, 0.4) is 0 Å². The standard InChI is InChI=1S/C27H45NO3/c1-2-3-4-5-6-7-8-9-10-11-12-13-14-15-16-17-22-28-26(27(30)31)23-24-18-20-25(29)21-19-24/h9-10,18-21,26,28-29H,2-8,11-17,22-23H2,1H3,(H,30,31)/b10-9-/t26-/m0/s1. The van der Waals surface area contributed by atoms with Crippen LogP contribution in [0.15, 0.2) is 36.4 Å². The second-order valence-electron chi connectivity index (χ2n) is 8.65. The Labute approximate surface area is 190 Å². The monoisotopic (exact) mass is 431 g/mol. The third-order valence-corrected chi connectivity index (χ3v) is 5.75. The predicted molar refractivity (Wildman–Crippen MR) is 131 cm³/mol. The first-order valence-electron chi connectivity index (χ1n) is 12.5. The summed E-state index contributed by atoms with van der Waals surface area (Å²) in [5, 5.41) is 21.9. The summed E-state index contributed by atoms with van der Waals surface area (Å²) in [6.45, 7) is 3.00. The molecule has 1 aromatic rings. The van der Waals surface area contributed by atoms with Crippen LogP contribution in [0.25, 0.3) is 0 Å². The van der Waals surface area contributed by atoms with Gasteiger partial charge in [-0.15, -0.1) is 0 Å². The first-order chi connectivity index (χ1) is 15.1. The topological polar surface area (TPSA) is 69.6 Å². The number of benzene rings is 1. The number of phenols is 1. The highest BCUT2D eigenvalue weighted by molar-refractivity contribution is 5.73. The molecule has 0 saturated carbocycles. The van der Waals surface area contributed by atoms with Gasteiger partial charge in [-0.25, -0.2) is 0 Å². The van der Waals surface area contributed by atoms with E-state index in [-0.39, 0.29) is 5.75 Å². The number of nitrogens with one attached hydrogen (secondary N) is 1. The molecule has 1 rings (SSSR count). The van der Waals surface area contributed by atoms with Crippen LogP contribution in [-0.4, -0.2) is 28.8 Å². The van der Waals surface area contributed by atoms with Crippen molar-refractivity contribution in [2.75, 3.05) is 6.54 Å². The number of rotatable bonds is 20. The van der Waals surface area contributed by atoms with Gasteiger partial charge >= 0.3 is 5.97 Å². The molecule has 0 aromatic heterocycles. The Hall–Kier alpha value is -1.81. The van der Waals surface area contributed by atoms with Crippen molar-refractivity contribution in [3.8, 4) is 5.75 Å². The summed E-state index contributed by atoms with van der Waals surface area (Å²) in [6.07, 6.45) is 23.0. The van der Waals surface area contributed by atoms with Crippen LogP contribution < -0.4 is 5.32 Å². The Kier molecular flexibility index (Phi) is 16.6. The maximum atomic E-state index is 11.5. The van der Waals surface area contributed by atoms with E-state index < -0.39 is 12.0 Å². The van der Waals surface area contributed by atoms with Crippen LogP contribution >= 0.6 is 0 Å². The molecule has 3 N–H and O–H groups in total. The van der Waals surface area contributed by atoms with E-state index in [1.54, 1.807) is 24.3 Å². The van der Waals surface area contributed by atoms with Crippen molar-refractivity contribution >= 4 is 5.97 Å². The van der Waals surface area contributed by atoms with Crippen molar-refractivity contribution in [2.45, 2.75) is 109 Å². The molecule has 4 nitrogen and oxygen atoms in total. The second-order valence-corrected chi connectivity index (χ2v) is 8.65. The predicted octanol–water partition coefficient (Wildman–Crippen LogP) is 7.02. The number of hydrogen-bond acceptors (Lipinski definition) is 3. The molecule has 1 aromatic carbocycles. The average molecular weight is 432 g/mol. The maximum Gasteiger partial charge on any atom is 0.321 e. The van der Waals surface area contributed by atoms with Gasteiger partial charge in [-0.2, -0.15) is 0 Å². The van der Waals surface area contributed by atoms with Gasteiger partial charge in [0.25, 0.3) is 0 Å². The zero-order chi connectivity index (χ0) is 22.6. The zero-order valence-electron chi connectivity index (χ0n) is 19.7. The van der Waals surface area contributed by atoms with Crippen molar-refractivity contribution in [1.82, 2.24) is 5.32 Å². The summed E-state index contributed by atoms with van der Waals surface area (Å²) < 4.78 is 0. The van der Waals surface area contributed by atoms with E-state index >= 15 is 0 Å². The lowest BCUT2D eigenvalue weighted by molar-refractivity contribution is -0.139. The zero-order valence-corrected chi connectivity index (χ0v) is 19.7. The lowest BCUT2D eigenvalue weighted by Gasteiger charge is -2.14. The molecular weight excluding hydrogens is 386 g/mol. The number of hydrogen-bond donors (Lipinski definition) is 3. The van der Waals surface area contributed by atoms with Gasteiger partial charge < -0.3 is 15.5 Å². The Morgan fingerprint density at radius 1 is 0.839 bits per heavy atom. The second kappa shape index (κ2) is 18.9. The van der Waals surface area contributed by atoms with Gasteiger partial charge in [0.2, 0.25) is 0 Å². The largest absolute Gasteiger partial charge is 0.508 e. The van der Waals surface area contributed by atoms with Crippen LogP contribution in [0.1, 0.15) is 102 Å². The van der Waals surface area contributed by atoms with Crippen LogP contribution in [0.4, 0.5) is 0 Å². The van der Waals surface area contributed by atoms with Crippen LogP contribution in [0.5, 0.6) is 5.75 Å². The molecule has 4 heteroatoms. The number of aromatic hydroxyl groups is 1. The minimum absolute atomic E-state index is 0.202. The molecule has 0 aliphatic heterocycles. The van der Waals surface area contributed by atoms with E-state index in [4.69, 9.17) is 0 Å². The van der Waals surface area contributed by atoms with E-state index in [9.17, 15) is 15.0 Å². The highest BCUT2D eigenvalue weighted by atomic mass is 16.4. The number of carboxylic acids is 1. The van der Waals surface area contributed by atoms with Gasteiger partial charge in [0.15, 0.2) is 0 Å². The molecule has 0 heterocycles. The van der Waals surface area contributed by atoms with Gasteiger partial charge in [-0.3, -0.25) is 4.79 Å². The Morgan fingerprint density at radius 3 is 1.90 bits per heavy atom. The number of phenolic OH excluding ortho intramolecular Hbond substituents is 1. The Bertz CT molecular complexity index is 583. The number of unbranched alkanes of at least 4 members (excludes halogenated alkanes) is 12. The highest BCUT2D eigenvalue weighted by Gasteiger charge is 2.16. The summed E-state index contributed by atoms with van der Waals surface area (Å²) in [5.41, 5.74) is 0.915. The molecule has 31 heavy (non-hydrogen) atoms. The first kappa shape index (κ1) is 27.2. The van der Waals surface area contributed by atoms with E-state index in [0.29, 0.717) is 6.42 Å². The van der Waals surface area contributed by atoms with E-state index in [1.807, 2.05) is 0 Å². The molecule has 0 bridgehead atoms. The van der Waals surface area contributed by atoms with Gasteiger partial charge in [-0.1, -0.05) is 89.0 Å². The summed E-state index contributed by atoms with van der Waals surface area (Å²) in [6, 6.07) is 6.17. The Morgan fingerprint density at radius 2 is 1.35 bits per heavy atom. The molecule has 0 aliphatic rings. The van der Waals surface area contributed by atoms with Gasteiger partial charge in [0.05, 0.1) is 0 Å². The fourth-order valence-corrected chi connectivity index (χ4v) is 3.76. The summed E-state index contributed by atoms with van der Waals surface area (Å²) in [7, 11) is 0. The number of aliphatic carboxylic acids is 1. The minimum atomic E-state index is -0.822. The Balaban J connectivity index is 1.94. The lowest BCUT2D eigenvalue weighted by atomic mass is 10.1. The first-order valence-corrected chi connectivity index (χ1v) is 12.5. The van der Waals surface area contributed by atoms with E-state index in [1.165, 1.54) is 77.0 Å². The van der Waals surface area contributed by atoms with Crippen LogP contribution in [-0.2, 0) is 11.2 Å². The lowest BCUT2D eigenvalue weighted by Crippen LogP contribution is -2.39. The van der Waals surface area contributed by atoms with Gasteiger partial charge in [0, 0.05) is 0 Å². The average Bonchev–Trinajstić information content (AvgIpc) is 2.76. The highest BCUT2D eigenvalue weighted by Crippen LogP contribution is 2.12. The quantitative estimate of drug-likeness (QED) is 0.153. The molecule has 0 fully saturated rings. The van der Waals surface area contributed by atoms with Crippen molar-refractivity contribution in [3.63, 3.8) is 0 Å². The number of allylic oxidation sites excluding steroid dienone is 2. The van der Waals surface area contributed by atoms with Crippen molar-refractivity contribution < 1.29 is 15.0 Å². The summed E-state index contributed by atoms with van der Waals surface area (Å²) in [5.74, 6) is -0.620. The SMILES string of the molecule is CCCCCCCC/C=C\CCCCCCCCN[C@@H](Cc1ccc(O)cc1)C(=O)O. The van der Waals surface area contributed by atoms with Crippen molar-refractivity contribution in [2.24, 2.45) is 0 Å². The molecule has 0 unspecified atom stereocenters. The van der Waals surface area contributed by atoms with Gasteiger partial charge in [-0.05, 0) is 62.8 Å². The normalized spacial score (nSPS) is 12.4. The molecule has 0 aliphatic carbocycles. The van der Waals surface area contributed by atoms with Crippen LogP contribution in [0, 0.1) is 0 Å². The molecule has 1 atom stereocenters. The van der Waals surface area contributed by atoms with E-state index in [2.05, 4.69) is 24.4 Å². The summed E-state index contributed by atoms with van der Waals surface area (Å²) >= 11 is 0. The smallest absolute Gasteiger partial charge is 0.321 e. The molecular formula is C27H45NO3. The van der Waals surface area contributed by atoms with Gasteiger partial charge in [0.1, 0.15) is 11.8 Å². The third kappa shape index (κ3) is 15.6. The minimum Gasteiger partial charge on any atom is -0.508 e. The number of carboxylic acid groups (broad SMARTS) is 1. The molecule has 0 radical (unpaired) electrons. The maximum absolute atomic E-state index is 11.5.